The highest BCUT2D eigenvalue weighted by Crippen LogP contribution is 2.27. The van der Waals surface area contributed by atoms with Gasteiger partial charge < -0.3 is 16.0 Å². The number of guanidine groups is 1. The SMILES string of the molecule is CCCN1CCC(CN=C(N)Nc2cccc3c2CCCC3)CC1.I. The van der Waals surface area contributed by atoms with E-state index in [1.165, 1.54) is 69.3 Å². The van der Waals surface area contributed by atoms with Gasteiger partial charge in [-0.1, -0.05) is 19.1 Å². The zero-order valence-corrected chi connectivity index (χ0v) is 17.8. The van der Waals surface area contributed by atoms with Crippen LogP contribution < -0.4 is 11.1 Å². The van der Waals surface area contributed by atoms with E-state index >= 15 is 0 Å². The van der Waals surface area contributed by atoms with Gasteiger partial charge in [-0.15, -0.1) is 24.0 Å². The number of aryl methyl sites for hydroxylation is 1. The number of nitrogens with one attached hydrogen (secondary N) is 1. The molecule has 3 N–H and O–H groups in total. The van der Waals surface area contributed by atoms with Crippen molar-refractivity contribution in [1.29, 1.82) is 0 Å². The molecule has 1 aliphatic carbocycles. The molecule has 0 radical (unpaired) electrons. The maximum absolute atomic E-state index is 6.16. The maximum atomic E-state index is 6.16. The van der Waals surface area contributed by atoms with Crippen LogP contribution in [-0.2, 0) is 12.8 Å². The lowest BCUT2D eigenvalue weighted by Gasteiger charge is -2.30. The van der Waals surface area contributed by atoms with Gasteiger partial charge in [-0.05, 0) is 87.7 Å². The fourth-order valence-corrected chi connectivity index (χ4v) is 4.01. The first kappa shape index (κ1) is 20.5. The van der Waals surface area contributed by atoms with Gasteiger partial charge in [-0.3, -0.25) is 4.99 Å². The topological polar surface area (TPSA) is 53.6 Å². The number of nitrogens with two attached hydrogens (primary N) is 1. The van der Waals surface area contributed by atoms with E-state index in [0.717, 1.165) is 18.7 Å². The Hall–Kier alpha value is -0.820. The summed E-state index contributed by atoms with van der Waals surface area (Å²) >= 11 is 0. The van der Waals surface area contributed by atoms with Crippen LogP contribution in [0.4, 0.5) is 5.69 Å². The summed E-state index contributed by atoms with van der Waals surface area (Å²) in [6.45, 7) is 6.78. The Morgan fingerprint density at radius 3 is 2.76 bits per heavy atom. The third-order valence-electron chi connectivity index (χ3n) is 5.43. The molecule has 1 fully saturated rings. The van der Waals surface area contributed by atoms with E-state index in [-0.39, 0.29) is 24.0 Å². The monoisotopic (exact) mass is 456 g/mol. The number of benzene rings is 1. The second-order valence-corrected chi connectivity index (χ2v) is 7.29. The summed E-state index contributed by atoms with van der Waals surface area (Å²) in [4.78, 5) is 7.20. The average Bonchev–Trinajstić information content (AvgIpc) is 2.62. The molecule has 140 valence electrons. The Morgan fingerprint density at radius 1 is 1.24 bits per heavy atom. The molecule has 1 aliphatic heterocycles. The van der Waals surface area contributed by atoms with E-state index in [0.29, 0.717) is 11.9 Å². The number of likely N-dealkylation sites (tertiary alicyclic amines) is 1. The number of nitrogens with zero attached hydrogens (tertiary/aromatic N) is 2. The Bertz CT molecular complexity index is 565. The molecule has 0 saturated carbocycles. The van der Waals surface area contributed by atoms with Gasteiger partial charge in [0.15, 0.2) is 5.96 Å². The van der Waals surface area contributed by atoms with Crippen LogP contribution in [-0.4, -0.2) is 37.0 Å². The lowest BCUT2D eigenvalue weighted by Crippen LogP contribution is -2.35. The van der Waals surface area contributed by atoms with Crippen molar-refractivity contribution in [1.82, 2.24) is 4.90 Å². The van der Waals surface area contributed by atoms with Crippen LogP contribution in [0.1, 0.15) is 50.2 Å². The Labute approximate surface area is 169 Å². The lowest BCUT2D eigenvalue weighted by molar-refractivity contribution is 0.188. The normalized spacial score (nSPS) is 19.2. The van der Waals surface area contributed by atoms with Gasteiger partial charge in [0.25, 0.3) is 0 Å². The van der Waals surface area contributed by atoms with E-state index in [1.807, 2.05) is 0 Å². The first-order valence-corrected chi connectivity index (χ1v) is 9.66. The molecule has 1 aromatic rings. The molecule has 0 unspecified atom stereocenters. The fraction of sp³-hybridized carbons (Fsp3) is 0.650. The van der Waals surface area contributed by atoms with Gasteiger partial charge >= 0.3 is 0 Å². The van der Waals surface area contributed by atoms with Gasteiger partial charge in [0.1, 0.15) is 0 Å². The Morgan fingerprint density at radius 2 is 2.00 bits per heavy atom. The quantitative estimate of drug-likeness (QED) is 0.400. The van der Waals surface area contributed by atoms with E-state index in [9.17, 15) is 0 Å². The van der Waals surface area contributed by atoms with E-state index in [1.54, 1.807) is 0 Å². The van der Waals surface area contributed by atoms with E-state index in [2.05, 4.69) is 40.3 Å². The number of anilines is 1. The minimum Gasteiger partial charge on any atom is -0.370 e. The Balaban J connectivity index is 0.00000225. The molecule has 1 saturated heterocycles. The van der Waals surface area contributed by atoms with E-state index in [4.69, 9.17) is 5.73 Å². The van der Waals surface area contributed by atoms with E-state index < -0.39 is 0 Å². The summed E-state index contributed by atoms with van der Waals surface area (Å²) in [6, 6.07) is 6.51. The van der Waals surface area contributed by atoms with Crippen molar-refractivity contribution < 1.29 is 0 Å². The van der Waals surface area contributed by atoms with Gasteiger partial charge in [0.2, 0.25) is 0 Å². The summed E-state index contributed by atoms with van der Waals surface area (Å²) in [5.74, 6) is 1.26. The van der Waals surface area contributed by atoms with Gasteiger partial charge in [-0.2, -0.15) is 0 Å². The zero-order valence-electron chi connectivity index (χ0n) is 15.5. The highest BCUT2D eigenvalue weighted by atomic mass is 127. The van der Waals surface area contributed by atoms with Crippen LogP contribution in [0.2, 0.25) is 0 Å². The number of rotatable bonds is 5. The van der Waals surface area contributed by atoms with Crippen molar-refractivity contribution in [2.75, 3.05) is 31.5 Å². The molecule has 2 aliphatic rings. The third-order valence-corrected chi connectivity index (χ3v) is 5.43. The second kappa shape index (κ2) is 10.4. The molecular weight excluding hydrogens is 423 g/mol. The van der Waals surface area contributed by atoms with Crippen LogP contribution >= 0.6 is 24.0 Å². The molecule has 0 amide bonds. The number of halogens is 1. The van der Waals surface area contributed by atoms with Crippen molar-refractivity contribution in [3.05, 3.63) is 29.3 Å². The highest BCUT2D eigenvalue weighted by molar-refractivity contribution is 14.0. The molecular formula is C20H33IN4. The van der Waals surface area contributed by atoms with Crippen molar-refractivity contribution in [2.45, 2.75) is 51.9 Å². The van der Waals surface area contributed by atoms with Crippen molar-refractivity contribution in [3.63, 3.8) is 0 Å². The summed E-state index contributed by atoms with van der Waals surface area (Å²) in [5, 5.41) is 3.36. The predicted molar refractivity (Wildman–Crippen MR) is 118 cm³/mol. The minimum atomic E-state index is 0. The number of hydrogen-bond acceptors (Lipinski definition) is 2. The van der Waals surface area contributed by atoms with Crippen molar-refractivity contribution in [2.24, 2.45) is 16.6 Å². The molecule has 0 bridgehead atoms. The number of piperidine rings is 1. The molecule has 3 rings (SSSR count). The standard InChI is InChI=1S/C20H32N4.HI/c1-2-12-24-13-10-16(11-14-24)15-22-20(21)23-19-9-5-7-17-6-3-4-8-18(17)19;/h5,7,9,16H,2-4,6,8,10-15H2,1H3,(H3,21,22,23);1H. The number of hydrogen-bond donors (Lipinski definition) is 2. The second-order valence-electron chi connectivity index (χ2n) is 7.29. The van der Waals surface area contributed by atoms with Crippen LogP contribution in [0.15, 0.2) is 23.2 Å². The predicted octanol–water partition coefficient (Wildman–Crippen LogP) is 4.03. The van der Waals surface area contributed by atoms with Crippen LogP contribution in [0.3, 0.4) is 0 Å². The Kier molecular flexibility index (Phi) is 8.49. The molecule has 0 atom stereocenters. The van der Waals surface area contributed by atoms with Gasteiger partial charge in [0.05, 0.1) is 0 Å². The van der Waals surface area contributed by atoms with Gasteiger partial charge in [0, 0.05) is 12.2 Å². The highest BCUT2D eigenvalue weighted by Gasteiger charge is 2.18. The lowest BCUT2D eigenvalue weighted by atomic mass is 9.90. The molecule has 5 heteroatoms. The molecule has 0 aromatic heterocycles. The van der Waals surface area contributed by atoms with Crippen molar-refractivity contribution in [3.8, 4) is 0 Å². The largest absolute Gasteiger partial charge is 0.370 e. The molecule has 4 nitrogen and oxygen atoms in total. The third kappa shape index (κ3) is 5.84. The fourth-order valence-electron chi connectivity index (χ4n) is 4.01. The zero-order chi connectivity index (χ0) is 16.8. The maximum Gasteiger partial charge on any atom is 0.193 e. The molecule has 1 aromatic carbocycles. The van der Waals surface area contributed by atoms with Gasteiger partial charge in [-0.25, -0.2) is 0 Å². The minimum absolute atomic E-state index is 0. The van der Waals surface area contributed by atoms with Crippen LogP contribution in [0.25, 0.3) is 0 Å². The van der Waals surface area contributed by atoms with Crippen molar-refractivity contribution >= 4 is 35.6 Å². The van der Waals surface area contributed by atoms with Crippen LogP contribution in [0.5, 0.6) is 0 Å². The molecule has 1 heterocycles. The molecule has 25 heavy (non-hydrogen) atoms. The van der Waals surface area contributed by atoms with Crippen LogP contribution in [0, 0.1) is 5.92 Å². The number of aliphatic imine (C=N–C) groups is 1. The average molecular weight is 456 g/mol. The number of fused-ring (bicyclic) bond motifs is 1. The summed E-state index contributed by atoms with van der Waals surface area (Å²) in [5.41, 5.74) is 10.2. The first-order valence-electron chi connectivity index (χ1n) is 9.66. The first-order chi connectivity index (χ1) is 11.8. The summed E-state index contributed by atoms with van der Waals surface area (Å²) in [6.07, 6.45) is 8.67. The summed E-state index contributed by atoms with van der Waals surface area (Å²) < 4.78 is 0. The molecule has 0 spiro atoms. The summed E-state index contributed by atoms with van der Waals surface area (Å²) in [7, 11) is 0. The smallest absolute Gasteiger partial charge is 0.193 e.